The highest BCUT2D eigenvalue weighted by atomic mass is 32.2. The van der Waals surface area contributed by atoms with E-state index in [0.717, 1.165) is 0 Å². The minimum absolute atomic E-state index is 0.0348. The second-order valence-corrected chi connectivity index (χ2v) is 6.73. The van der Waals surface area contributed by atoms with Crippen LogP contribution in [0, 0.1) is 0 Å². The number of carbonyl (C=O) groups is 1. The third-order valence-corrected chi connectivity index (χ3v) is 4.57. The molecule has 0 radical (unpaired) electrons. The number of carboxylic acids is 1. The third kappa shape index (κ3) is 3.10. The Hall–Kier alpha value is -2.22. The predicted octanol–water partition coefficient (Wildman–Crippen LogP) is 1.53. The number of nitrogens with zero attached hydrogens (tertiary/aromatic N) is 3. The second kappa shape index (κ2) is 5.65. The van der Waals surface area contributed by atoms with Crippen LogP contribution in [0.4, 0.5) is 0 Å². The fourth-order valence-corrected chi connectivity index (χ4v) is 3.45. The molecule has 1 heterocycles. The van der Waals surface area contributed by atoms with Crippen LogP contribution in [0.3, 0.4) is 0 Å². The number of hydrogen-bond acceptors (Lipinski definition) is 5. The first-order valence-electron chi connectivity index (χ1n) is 6.26. The highest BCUT2D eigenvalue weighted by Crippen LogP contribution is 2.20. The fraction of sp³-hybridized carbons (Fsp3) is 0.308. The van der Waals surface area contributed by atoms with E-state index in [1.165, 1.54) is 35.3 Å². The van der Waals surface area contributed by atoms with E-state index >= 15 is 0 Å². The zero-order valence-electron chi connectivity index (χ0n) is 11.6. The Kier molecular flexibility index (Phi) is 4.08. The van der Waals surface area contributed by atoms with E-state index in [-0.39, 0.29) is 22.3 Å². The molecule has 1 N–H and O–H groups in total. The molecule has 2 aromatic rings. The van der Waals surface area contributed by atoms with Crippen molar-refractivity contribution in [3.8, 4) is 0 Å². The van der Waals surface area contributed by atoms with E-state index in [2.05, 4.69) is 10.1 Å². The number of aromatic carboxylic acids is 1. The molecule has 0 saturated heterocycles. The normalized spacial score (nSPS) is 11.8. The summed E-state index contributed by atoms with van der Waals surface area (Å²) in [5, 5.41) is 13.1. The average Bonchev–Trinajstić information content (AvgIpc) is 2.86. The summed E-state index contributed by atoms with van der Waals surface area (Å²) >= 11 is 0. The van der Waals surface area contributed by atoms with Gasteiger partial charge < -0.3 is 5.11 Å². The molecule has 0 aliphatic carbocycles. The molecule has 21 heavy (non-hydrogen) atoms. The summed E-state index contributed by atoms with van der Waals surface area (Å²) in [5.41, 5.74) is -0.242. The molecule has 0 bridgehead atoms. The SMILES string of the molecule is CC(C)n1ncnc1CS(=O)(=O)c1ccccc1C(=O)O. The van der Waals surface area contributed by atoms with Crippen molar-refractivity contribution in [1.29, 1.82) is 0 Å². The molecule has 112 valence electrons. The van der Waals surface area contributed by atoms with Gasteiger partial charge in [0.1, 0.15) is 17.9 Å². The van der Waals surface area contributed by atoms with Crippen LogP contribution in [-0.4, -0.2) is 34.3 Å². The summed E-state index contributed by atoms with van der Waals surface area (Å²) in [4.78, 5) is 14.9. The van der Waals surface area contributed by atoms with Crippen molar-refractivity contribution in [3.05, 3.63) is 42.0 Å². The monoisotopic (exact) mass is 309 g/mol. The molecule has 0 atom stereocenters. The molecule has 1 aromatic heterocycles. The van der Waals surface area contributed by atoms with Gasteiger partial charge in [-0.15, -0.1) is 0 Å². The minimum atomic E-state index is -3.82. The molecule has 8 heteroatoms. The topological polar surface area (TPSA) is 102 Å². The van der Waals surface area contributed by atoms with Gasteiger partial charge in [-0.05, 0) is 26.0 Å². The lowest BCUT2D eigenvalue weighted by atomic mass is 10.2. The van der Waals surface area contributed by atoms with Crippen LogP contribution in [0.2, 0.25) is 0 Å². The van der Waals surface area contributed by atoms with E-state index in [4.69, 9.17) is 5.11 Å². The highest BCUT2D eigenvalue weighted by molar-refractivity contribution is 7.90. The van der Waals surface area contributed by atoms with Gasteiger partial charge in [-0.2, -0.15) is 5.10 Å². The lowest BCUT2D eigenvalue weighted by Gasteiger charge is -2.11. The Morgan fingerprint density at radius 3 is 2.62 bits per heavy atom. The fourth-order valence-electron chi connectivity index (χ4n) is 1.97. The van der Waals surface area contributed by atoms with Gasteiger partial charge in [0, 0.05) is 6.04 Å². The Balaban J connectivity index is 2.44. The quantitative estimate of drug-likeness (QED) is 0.898. The zero-order chi connectivity index (χ0) is 15.6. The number of hydrogen-bond donors (Lipinski definition) is 1. The van der Waals surface area contributed by atoms with E-state index in [1.54, 1.807) is 0 Å². The van der Waals surface area contributed by atoms with Gasteiger partial charge in [-0.1, -0.05) is 12.1 Å². The molecule has 7 nitrogen and oxygen atoms in total. The van der Waals surface area contributed by atoms with Crippen LogP contribution >= 0.6 is 0 Å². The smallest absolute Gasteiger partial charge is 0.337 e. The van der Waals surface area contributed by atoms with E-state index in [1.807, 2.05) is 13.8 Å². The maximum Gasteiger partial charge on any atom is 0.337 e. The third-order valence-electron chi connectivity index (χ3n) is 2.91. The number of carboxylic acid groups (broad SMARTS) is 1. The molecule has 2 rings (SSSR count). The zero-order valence-corrected chi connectivity index (χ0v) is 12.4. The highest BCUT2D eigenvalue weighted by Gasteiger charge is 2.24. The number of benzene rings is 1. The average molecular weight is 309 g/mol. The summed E-state index contributed by atoms with van der Waals surface area (Å²) in [6.45, 7) is 3.71. The lowest BCUT2D eigenvalue weighted by molar-refractivity contribution is 0.0692. The summed E-state index contributed by atoms with van der Waals surface area (Å²) < 4.78 is 26.4. The largest absolute Gasteiger partial charge is 0.478 e. The summed E-state index contributed by atoms with van der Waals surface area (Å²) in [5.74, 6) is -1.39. The van der Waals surface area contributed by atoms with Crippen LogP contribution in [0.25, 0.3) is 0 Å². The van der Waals surface area contributed by atoms with Gasteiger partial charge >= 0.3 is 5.97 Å². The molecule has 0 amide bonds. The summed E-state index contributed by atoms with van der Waals surface area (Å²) in [6, 6.07) is 5.50. The van der Waals surface area contributed by atoms with E-state index in [0.29, 0.717) is 0 Å². The predicted molar refractivity (Wildman–Crippen MR) is 74.7 cm³/mol. The van der Waals surface area contributed by atoms with Crippen molar-refractivity contribution < 1.29 is 18.3 Å². The van der Waals surface area contributed by atoms with Gasteiger partial charge in [0.2, 0.25) is 0 Å². The van der Waals surface area contributed by atoms with Gasteiger partial charge in [-0.25, -0.2) is 22.9 Å². The van der Waals surface area contributed by atoms with Crippen LogP contribution in [0.5, 0.6) is 0 Å². The molecule has 0 aliphatic heterocycles. The van der Waals surface area contributed by atoms with Gasteiger partial charge in [-0.3, -0.25) is 0 Å². The first kappa shape index (κ1) is 15.2. The molecule has 1 aromatic carbocycles. The summed E-state index contributed by atoms with van der Waals surface area (Å²) in [6.07, 6.45) is 1.29. The molecule has 0 unspecified atom stereocenters. The first-order valence-corrected chi connectivity index (χ1v) is 7.91. The number of sulfone groups is 1. The molecule has 0 fully saturated rings. The van der Waals surface area contributed by atoms with E-state index in [9.17, 15) is 13.2 Å². The number of rotatable bonds is 5. The molecule has 0 spiro atoms. The molecular formula is C13H15N3O4S. The Labute approximate surface area is 122 Å². The van der Waals surface area contributed by atoms with Crippen LogP contribution in [0.15, 0.2) is 35.5 Å². The van der Waals surface area contributed by atoms with Crippen molar-refractivity contribution in [2.45, 2.75) is 30.5 Å². The maximum absolute atomic E-state index is 12.5. The Morgan fingerprint density at radius 1 is 1.33 bits per heavy atom. The lowest BCUT2D eigenvalue weighted by Crippen LogP contribution is -2.16. The summed E-state index contributed by atoms with van der Waals surface area (Å²) in [7, 11) is -3.82. The maximum atomic E-state index is 12.5. The molecular weight excluding hydrogens is 294 g/mol. The Morgan fingerprint density at radius 2 is 2.00 bits per heavy atom. The van der Waals surface area contributed by atoms with E-state index < -0.39 is 21.6 Å². The van der Waals surface area contributed by atoms with Gasteiger partial charge in [0.25, 0.3) is 0 Å². The van der Waals surface area contributed by atoms with Crippen LogP contribution in [-0.2, 0) is 15.6 Å². The Bertz CT molecular complexity index is 765. The second-order valence-electron chi connectivity index (χ2n) is 4.77. The van der Waals surface area contributed by atoms with Gasteiger partial charge in [0.15, 0.2) is 9.84 Å². The first-order chi connectivity index (χ1) is 9.83. The van der Waals surface area contributed by atoms with Crippen molar-refractivity contribution in [2.75, 3.05) is 0 Å². The molecule has 0 aliphatic rings. The standard InChI is InChI=1S/C13H15N3O4S/c1-9(2)16-12(14-8-15-16)7-21(19,20)11-6-4-3-5-10(11)13(17)18/h3-6,8-9H,7H2,1-2H3,(H,17,18). The van der Waals surface area contributed by atoms with Crippen molar-refractivity contribution in [3.63, 3.8) is 0 Å². The molecule has 0 saturated carbocycles. The van der Waals surface area contributed by atoms with Crippen LogP contribution in [0.1, 0.15) is 36.1 Å². The van der Waals surface area contributed by atoms with Crippen molar-refractivity contribution in [2.24, 2.45) is 0 Å². The van der Waals surface area contributed by atoms with Gasteiger partial charge in [0.05, 0.1) is 10.5 Å². The van der Waals surface area contributed by atoms with Crippen molar-refractivity contribution >= 4 is 15.8 Å². The minimum Gasteiger partial charge on any atom is -0.478 e. The van der Waals surface area contributed by atoms with Crippen molar-refractivity contribution in [1.82, 2.24) is 14.8 Å². The van der Waals surface area contributed by atoms with Crippen LogP contribution < -0.4 is 0 Å². The number of aromatic nitrogens is 3.